The maximum Gasteiger partial charge on any atom is 0.293 e. The average Bonchev–Trinajstić information content (AvgIpc) is 2.40. The van der Waals surface area contributed by atoms with Crippen LogP contribution in [0.1, 0.15) is 46.0 Å². The van der Waals surface area contributed by atoms with E-state index < -0.39 is 10.7 Å². The summed E-state index contributed by atoms with van der Waals surface area (Å²) in [6.07, 6.45) is 5.61. The molecule has 0 amide bonds. The predicted molar refractivity (Wildman–Crippen MR) is 87.2 cm³/mol. The lowest BCUT2D eigenvalue weighted by Crippen LogP contribution is -2.05. The second-order valence-electron chi connectivity index (χ2n) is 5.56. The number of benzene rings is 1. The fourth-order valence-electron chi connectivity index (χ4n) is 2.08. The number of anilines is 1. The summed E-state index contributed by atoms with van der Waals surface area (Å²) in [6, 6.07) is 2.36. The topological polar surface area (TPSA) is 55.2 Å². The zero-order chi connectivity index (χ0) is 15.8. The Morgan fingerprint density at radius 3 is 2.57 bits per heavy atom. The van der Waals surface area contributed by atoms with Gasteiger partial charge in [-0.2, -0.15) is 0 Å². The third-order valence-electron chi connectivity index (χ3n) is 3.26. The molecule has 4 nitrogen and oxygen atoms in total. The molecule has 0 saturated heterocycles. The van der Waals surface area contributed by atoms with Crippen LogP contribution in [0.15, 0.2) is 16.6 Å². The van der Waals surface area contributed by atoms with Gasteiger partial charge < -0.3 is 5.32 Å². The van der Waals surface area contributed by atoms with Crippen LogP contribution in [0.25, 0.3) is 0 Å². The van der Waals surface area contributed by atoms with Crippen molar-refractivity contribution in [3.63, 3.8) is 0 Å². The standard InChI is InChI=1S/C15H22BrFN2O2/c1-11(2)7-5-3-4-6-8-18-14-10-13(17)12(16)9-15(14)19(20)21/h9-11,18H,3-8H2,1-2H3. The van der Waals surface area contributed by atoms with Crippen molar-refractivity contribution in [2.75, 3.05) is 11.9 Å². The minimum absolute atomic E-state index is 0.105. The van der Waals surface area contributed by atoms with E-state index in [1.165, 1.54) is 25.0 Å². The molecule has 1 aromatic rings. The van der Waals surface area contributed by atoms with E-state index in [1.807, 2.05) is 0 Å². The number of halogens is 2. The highest BCUT2D eigenvalue weighted by Gasteiger charge is 2.16. The minimum Gasteiger partial charge on any atom is -0.379 e. The summed E-state index contributed by atoms with van der Waals surface area (Å²) in [6.45, 7) is 5.04. The van der Waals surface area contributed by atoms with E-state index in [-0.39, 0.29) is 15.8 Å². The molecule has 0 saturated carbocycles. The molecule has 0 fully saturated rings. The van der Waals surface area contributed by atoms with E-state index in [0.717, 1.165) is 25.2 Å². The van der Waals surface area contributed by atoms with Crippen molar-refractivity contribution in [3.05, 3.63) is 32.5 Å². The normalized spacial score (nSPS) is 10.9. The third kappa shape index (κ3) is 6.42. The van der Waals surface area contributed by atoms with Crippen molar-refractivity contribution >= 4 is 27.3 Å². The molecular weight excluding hydrogens is 339 g/mol. The van der Waals surface area contributed by atoms with Crippen LogP contribution in [0, 0.1) is 21.8 Å². The van der Waals surface area contributed by atoms with Gasteiger partial charge in [-0.1, -0.05) is 39.5 Å². The number of nitrogens with one attached hydrogen (secondary N) is 1. The summed E-state index contributed by atoms with van der Waals surface area (Å²) in [7, 11) is 0. The molecule has 0 aliphatic heterocycles. The molecule has 0 aromatic heterocycles. The van der Waals surface area contributed by atoms with Gasteiger partial charge in [0.25, 0.3) is 5.69 Å². The lowest BCUT2D eigenvalue weighted by molar-refractivity contribution is -0.384. The molecule has 6 heteroatoms. The van der Waals surface area contributed by atoms with Gasteiger partial charge in [0.2, 0.25) is 0 Å². The van der Waals surface area contributed by atoms with Gasteiger partial charge in [-0.25, -0.2) is 4.39 Å². The van der Waals surface area contributed by atoms with Crippen LogP contribution in [0.3, 0.4) is 0 Å². The van der Waals surface area contributed by atoms with Gasteiger partial charge in [-0.05, 0) is 28.3 Å². The first-order chi connectivity index (χ1) is 9.91. The largest absolute Gasteiger partial charge is 0.379 e. The Labute approximate surface area is 133 Å². The average molecular weight is 361 g/mol. The zero-order valence-electron chi connectivity index (χ0n) is 12.5. The Bertz CT molecular complexity index is 481. The van der Waals surface area contributed by atoms with Crippen LogP contribution >= 0.6 is 15.9 Å². The van der Waals surface area contributed by atoms with E-state index in [1.54, 1.807) is 0 Å². The monoisotopic (exact) mass is 360 g/mol. The highest BCUT2D eigenvalue weighted by molar-refractivity contribution is 9.10. The SMILES string of the molecule is CC(C)CCCCCCNc1cc(F)c(Br)cc1[N+](=O)[O-]. The Hall–Kier alpha value is -1.17. The van der Waals surface area contributed by atoms with Crippen LogP contribution in [-0.2, 0) is 0 Å². The lowest BCUT2D eigenvalue weighted by atomic mass is 10.0. The summed E-state index contributed by atoms with van der Waals surface area (Å²) in [5.74, 6) is 0.233. The van der Waals surface area contributed by atoms with Crippen molar-refractivity contribution in [1.82, 2.24) is 0 Å². The molecule has 0 radical (unpaired) electrons. The van der Waals surface area contributed by atoms with Gasteiger partial charge in [-0.3, -0.25) is 10.1 Å². The Kier molecular flexibility index (Phi) is 7.64. The molecule has 0 spiro atoms. The van der Waals surface area contributed by atoms with E-state index in [0.29, 0.717) is 6.54 Å². The Balaban J connectivity index is 2.41. The number of hydrogen-bond donors (Lipinski definition) is 1. The third-order valence-corrected chi connectivity index (χ3v) is 3.87. The van der Waals surface area contributed by atoms with Crippen molar-refractivity contribution in [2.45, 2.75) is 46.0 Å². The molecule has 118 valence electrons. The van der Waals surface area contributed by atoms with Gasteiger partial charge in [0, 0.05) is 18.7 Å². The van der Waals surface area contributed by atoms with Crippen molar-refractivity contribution in [3.8, 4) is 0 Å². The van der Waals surface area contributed by atoms with Crippen LogP contribution in [0.2, 0.25) is 0 Å². The minimum atomic E-state index is -0.505. The van der Waals surface area contributed by atoms with E-state index in [9.17, 15) is 14.5 Å². The lowest BCUT2D eigenvalue weighted by Gasteiger charge is -2.08. The second kappa shape index (κ2) is 8.97. The summed E-state index contributed by atoms with van der Waals surface area (Å²) >= 11 is 2.96. The number of rotatable bonds is 9. The predicted octanol–water partition coefficient (Wildman–Crippen LogP) is 5.51. The van der Waals surface area contributed by atoms with Crippen LogP contribution in [0.5, 0.6) is 0 Å². The number of nitrogens with zero attached hydrogens (tertiary/aromatic N) is 1. The van der Waals surface area contributed by atoms with Gasteiger partial charge >= 0.3 is 0 Å². The number of nitro groups is 1. The smallest absolute Gasteiger partial charge is 0.293 e. The molecule has 0 unspecified atom stereocenters. The van der Waals surface area contributed by atoms with Gasteiger partial charge in [0.15, 0.2) is 0 Å². The molecular formula is C15H22BrFN2O2. The highest BCUT2D eigenvalue weighted by Crippen LogP contribution is 2.30. The van der Waals surface area contributed by atoms with Gasteiger partial charge in [0.05, 0.1) is 9.40 Å². The molecule has 1 N–H and O–H groups in total. The molecule has 0 aliphatic rings. The Morgan fingerprint density at radius 1 is 1.29 bits per heavy atom. The summed E-state index contributed by atoms with van der Waals surface area (Å²) in [4.78, 5) is 10.4. The van der Waals surface area contributed by atoms with Crippen molar-refractivity contribution in [1.29, 1.82) is 0 Å². The summed E-state index contributed by atoms with van der Waals surface area (Å²) in [5, 5.41) is 13.9. The first kappa shape index (κ1) is 17.9. The van der Waals surface area contributed by atoms with Crippen LogP contribution in [-0.4, -0.2) is 11.5 Å². The first-order valence-corrected chi connectivity index (χ1v) is 8.08. The van der Waals surface area contributed by atoms with Crippen LogP contribution in [0.4, 0.5) is 15.8 Å². The fourth-order valence-corrected chi connectivity index (χ4v) is 2.41. The highest BCUT2D eigenvalue weighted by atomic mass is 79.9. The van der Waals surface area contributed by atoms with E-state index >= 15 is 0 Å². The number of unbranched alkanes of at least 4 members (excludes halogenated alkanes) is 3. The molecule has 0 bridgehead atoms. The molecule has 0 atom stereocenters. The summed E-state index contributed by atoms with van der Waals surface area (Å²) in [5.41, 5.74) is 0.131. The van der Waals surface area contributed by atoms with Gasteiger partial charge in [0.1, 0.15) is 11.5 Å². The maximum atomic E-state index is 13.5. The molecule has 0 heterocycles. The van der Waals surface area contributed by atoms with Crippen LogP contribution < -0.4 is 5.32 Å². The molecule has 1 rings (SSSR count). The fraction of sp³-hybridized carbons (Fsp3) is 0.600. The number of nitro benzene ring substituents is 1. The molecule has 0 aliphatic carbocycles. The Morgan fingerprint density at radius 2 is 1.95 bits per heavy atom. The first-order valence-electron chi connectivity index (χ1n) is 7.29. The summed E-state index contributed by atoms with van der Waals surface area (Å²) < 4.78 is 13.6. The quantitative estimate of drug-likeness (QED) is 0.358. The molecule has 21 heavy (non-hydrogen) atoms. The zero-order valence-corrected chi connectivity index (χ0v) is 14.1. The van der Waals surface area contributed by atoms with Gasteiger partial charge in [-0.15, -0.1) is 0 Å². The second-order valence-corrected chi connectivity index (χ2v) is 6.42. The van der Waals surface area contributed by atoms with Crippen molar-refractivity contribution in [2.24, 2.45) is 5.92 Å². The van der Waals surface area contributed by atoms with Crippen molar-refractivity contribution < 1.29 is 9.31 Å². The number of hydrogen-bond acceptors (Lipinski definition) is 3. The molecule has 1 aromatic carbocycles. The maximum absolute atomic E-state index is 13.5. The van der Waals surface area contributed by atoms with E-state index in [2.05, 4.69) is 35.1 Å². The van der Waals surface area contributed by atoms with E-state index in [4.69, 9.17) is 0 Å².